The zero-order valence-corrected chi connectivity index (χ0v) is 11.6. The van der Waals surface area contributed by atoms with Gasteiger partial charge >= 0.3 is 0 Å². The number of rotatable bonds is 7. The van der Waals surface area contributed by atoms with Crippen molar-refractivity contribution in [2.24, 2.45) is 11.8 Å². The maximum Gasteiger partial charge on any atom is 0.00162 e. The van der Waals surface area contributed by atoms with Crippen molar-refractivity contribution in [3.05, 3.63) is 0 Å². The predicted molar refractivity (Wildman–Crippen MR) is 71.8 cm³/mol. The zero-order valence-electron chi connectivity index (χ0n) is 11.6. The lowest BCUT2D eigenvalue weighted by Gasteiger charge is -2.24. The summed E-state index contributed by atoms with van der Waals surface area (Å²) in [6.07, 6.45) is 5.85. The quantitative estimate of drug-likeness (QED) is 0.718. The lowest BCUT2D eigenvalue weighted by molar-refractivity contribution is 0.240. The van der Waals surface area contributed by atoms with Gasteiger partial charge in [0, 0.05) is 19.1 Å². The fraction of sp³-hybridized carbons (Fsp3) is 1.00. The summed E-state index contributed by atoms with van der Waals surface area (Å²) >= 11 is 0. The summed E-state index contributed by atoms with van der Waals surface area (Å²) in [4.78, 5) is 2.53. The van der Waals surface area contributed by atoms with Gasteiger partial charge in [0.2, 0.25) is 0 Å². The largest absolute Gasteiger partial charge is 0.314 e. The topological polar surface area (TPSA) is 15.3 Å². The molecule has 1 saturated carbocycles. The highest BCUT2D eigenvalue weighted by molar-refractivity contribution is 4.72. The normalized spacial score (nSPS) is 19.9. The third-order valence-corrected chi connectivity index (χ3v) is 3.54. The molecule has 0 aromatic rings. The van der Waals surface area contributed by atoms with E-state index >= 15 is 0 Å². The van der Waals surface area contributed by atoms with Gasteiger partial charge in [-0.3, -0.25) is 0 Å². The molecule has 0 saturated heterocycles. The van der Waals surface area contributed by atoms with Gasteiger partial charge in [0.05, 0.1) is 0 Å². The van der Waals surface area contributed by atoms with Crippen LogP contribution < -0.4 is 5.32 Å². The van der Waals surface area contributed by atoms with E-state index in [0.29, 0.717) is 6.04 Å². The van der Waals surface area contributed by atoms with Crippen LogP contribution in [-0.2, 0) is 0 Å². The third-order valence-electron chi connectivity index (χ3n) is 3.54. The van der Waals surface area contributed by atoms with Crippen LogP contribution in [0, 0.1) is 11.8 Å². The Morgan fingerprint density at radius 1 is 1.19 bits per heavy atom. The standard InChI is InChI=1S/C14H30N2/c1-12(2)15-9-13(3)10-16(4)11-14-7-5-6-8-14/h12-15H,5-11H2,1-4H3. The zero-order chi connectivity index (χ0) is 12.0. The molecule has 0 aromatic carbocycles. The molecule has 1 fully saturated rings. The Balaban J connectivity index is 2.09. The molecule has 0 amide bonds. The van der Waals surface area contributed by atoms with E-state index in [1.54, 1.807) is 0 Å². The summed E-state index contributed by atoms with van der Waals surface area (Å²) in [7, 11) is 2.28. The van der Waals surface area contributed by atoms with Gasteiger partial charge in [0.1, 0.15) is 0 Å². The van der Waals surface area contributed by atoms with E-state index in [4.69, 9.17) is 0 Å². The van der Waals surface area contributed by atoms with Gasteiger partial charge < -0.3 is 10.2 Å². The first kappa shape index (κ1) is 14.0. The Morgan fingerprint density at radius 2 is 1.81 bits per heavy atom. The number of hydrogen-bond acceptors (Lipinski definition) is 2. The average Bonchev–Trinajstić information content (AvgIpc) is 2.67. The minimum Gasteiger partial charge on any atom is -0.314 e. The van der Waals surface area contributed by atoms with Gasteiger partial charge in [-0.05, 0) is 38.3 Å². The molecule has 0 bridgehead atoms. The summed E-state index contributed by atoms with van der Waals surface area (Å²) in [6.45, 7) is 10.5. The Kier molecular flexibility index (Phi) is 6.37. The third kappa shape index (κ3) is 5.86. The fourth-order valence-electron chi connectivity index (χ4n) is 2.74. The highest BCUT2D eigenvalue weighted by Gasteiger charge is 2.17. The van der Waals surface area contributed by atoms with Gasteiger partial charge in [0.15, 0.2) is 0 Å². The number of nitrogens with zero attached hydrogens (tertiary/aromatic N) is 1. The first-order valence-electron chi connectivity index (χ1n) is 7.00. The predicted octanol–water partition coefficient (Wildman–Crippen LogP) is 2.74. The Hall–Kier alpha value is -0.0800. The minimum atomic E-state index is 0.614. The van der Waals surface area contributed by atoms with E-state index < -0.39 is 0 Å². The molecule has 1 atom stereocenters. The first-order chi connectivity index (χ1) is 7.58. The van der Waals surface area contributed by atoms with Crippen molar-refractivity contribution in [1.82, 2.24) is 10.2 Å². The van der Waals surface area contributed by atoms with Crippen LogP contribution in [0.1, 0.15) is 46.5 Å². The van der Waals surface area contributed by atoms with Crippen molar-refractivity contribution in [2.45, 2.75) is 52.5 Å². The molecule has 0 aliphatic heterocycles. The monoisotopic (exact) mass is 226 g/mol. The molecule has 0 heterocycles. The molecule has 0 spiro atoms. The lowest BCUT2D eigenvalue weighted by atomic mass is 10.1. The van der Waals surface area contributed by atoms with Crippen molar-refractivity contribution in [3.63, 3.8) is 0 Å². The van der Waals surface area contributed by atoms with Crippen LogP contribution in [0.25, 0.3) is 0 Å². The van der Waals surface area contributed by atoms with Crippen molar-refractivity contribution in [3.8, 4) is 0 Å². The summed E-state index contributed by atoms with van der Waals surface area (Å²) in [5, 5.41) is 3.52. The molecule has 2 heteroatoms. The van der Waals surface area contributed by atoms with Crippen LogP contribution in [0.3, 0.4) is 0 Å². The van der Waals surface area contributed by atoms with Gasteiger partial charge in [-0.15, -0.1) is 0 Å². The van der Waals surface area contributed by atoms with E-state index in [9.17, 15) is 0 Å². The fourth-order valence-corrected chi connectivity index (χ4v) is 2.74. The average molecular weight is 226 g/mol. The van der Waals surface area contributed by atoms with E-state index in [2.05, 4.69) is 38.0 Å². The molecular formula is C14H30N2. The van der Waals surface area contributed by atoms with Gasteiger partial charge in [-0.25, -0.2) is 0 Å². The van der Waals surface area contributed by atoms with Gasteiger partial charge in [0.25, 0.3) is 0 Å². The van der Waals surface area contributed by atoms with E-state index in [-0.39, 0.29) is 0 Å². The minimum absolute atomic E-state index is 0.614. The van der Waals surface area contributed by atoms with Crippen molar-refractivity contribution in [2.75, 3.05) is 26.7 Å². The van der Waals surface area contributed by atoms with Gasteiger partial charge in [-0.1, -0.05) is 33.6 Å². The molecule has 2 nitrogen and oxygen atoms in total. The maximum atomic E-state index is 3.52. The number of hydrogen-bond donors (Lipinski definition) is 1. The summed E-state index contributed by atoms with van der Waals surface area (Å²) in [6, 6.07) is 0.614. The molecule has 96 valence electrons. The van der Waals surface area contributed by atoms with E-state index in [1.807, 2.05) is 0 Å². The van der Waals surface area contributed by atoms with E-state index in [1.165, 1.54) is 38.8 Å². The van der Waals surface area contributed by atoms with Crippen LogP contribution in [-0.4, -0.2) is 37.6 Å². The molecule has 16 heavy (non-hydrogen) atoms. The maximum absolute atomic E-state index is 3.52. The van der Waals surface area contributed by atoms with E-state index in [0.717, 1.165) is 18.4 Å². The Bertz CT molecular complexity index is 174. The molecule has 0 radical (unpaired) electrons. The van der Waals surface area contributed by atoms with Crippen LogP contribution in [0.5, 0.6) is 0 Å². The van der Waals surface area contributed by atoms with Crippen molar-refractivity contribution < 1.29 is 0 Å². The van der Waals surface area contributed by atoms with Crippen LogP contribution >= 0.6 is 0 Å². The number of nitrogens with one attached hydrogen (secondary N) is 1. The molecule has 1 rings (SSSR count). The summed E-state index contributed by atoms with van der Waals surface area (Å²) in [5.74, 6) is 1.74. The summed E-state index contributed by atoms with van der Waals surface area (Å²) in [5.41, 5.74) is 0. The van der Waals surface area contributed by atoms with Crippen LogP contribution in [0.2, 0.25) is 0 Å². The van der Waals surface area contributed by atoms with Crippen LogP contribution in [0.15, 0.2) is 0 Å². The molecule has 1 aliphatic carbocycles. The molecule has 0 aromatic heterocycles. The molecule has 1 aliphatic rings. The van der Waals surface area contributed by atoms with Gasteiger partial charge in [-0.2, -0.15) is 0 Å². The van der Waals surface area contributed by atoms with Crippen LogP contribution in [0.4, 0.5) is 0 Å². The molecule has 1 unspecified atom stereocenters. The first-order valence-corrected chi connectivity index (χ1v) is 7.00. The highest BCUT2D eigenvalue weighted by Crippen LogP contribution is 2.25. The Labute approximate surface area is 102 Å². The lowest BCUT2D eigenvalue weighted by Crippen LogP contribution is -2.35. The second-order valence-corrected chi connectivity index (χ2v) is 6.04. The molecular weight excluding hydrogens is 196 g/mol. The SMILES string of the molecule is CC(CNC(C)C)CN(C)CC1CCCC1. The second-order valence-electron chi connectivity index (χ2n) is 6.04. The van der Waals surface area contributed by atoms with Crippen molar-refractivity contribution >= 4 is 0 Å². The summed E-state index contributed by atoms with van der Waals surface area (Å²) < 4.78 is 0. The Morgan fingerprint density at radius 3 is 2.38 bits per heavy atom. The molecule has 1 N–H and O–H groups in total. The smallest absolute Gasteiger partial charge is 0.00162 e. The highest BCUT2D eigenvalue weighted by atomic mass is 15.1. The van der Waals surface area contributed by atoms with Crippen molar-refractivity contribution in [1.29, 1.82) is 0 Å². The second kappa shape index (κ2) is 7.29.